The van der Waals surface area contributed by atoms with Gasteiger partial charge in [-0.05, 0) is 69.0 Å². The second-order valence-electron chi connectivity index (χ2n) is 13.0. The number of imidazole rings is 2. The number of aryl methyl sites for hydroxylation is 3. The number of carbonyl (C=O) groups is 4. The summed E-state index contributed by atoms with van der Waals surface area (Å²) in [6.45, 7) is 2.35. The normalized spacial score (nSPS) is 17.7. The molecule has 2 aromatic heterocycles. The van der Waals surface area contributed by atoms with Crippen LogP contribution in [0.25, 0.3) is 22.1 Å². The molecule has 2 saturated heterocycles. The number of aromatic nitrogens is 4. The second-order valence-corrected chi connectivity index (χ2v) is 14.7. The Morgan fingerprint density at radius 1 is 0.667 bits per heavy atom. The lowest BCUT2D eigenvalue weighted by atomic mass is 10.1. The minimum Gasteiger partial charge on any atom is -0.396 e. The molecule has 2 unspecified atom stereocenters. The van der Waals surface area contributed by atoms with Crippen molar-refractivity contribution in [3.63, 3.8) is 0 Å². The summed E-state index contributed by atoms with van der Waals surface area (Å²) in [5.74, 6) is -1.60. The van der Waals surface area contributed by atoms with Crippen molar-refractivity contribution in [3.05, 3.63) is 99.3 Å². The molecule has 17 heteroatoms. The third kappa shape index (κ3) is 7.83. The monoisotopic (exact) mass is 760 g/mol. The van der Waals surface area contributed by atoms with E-state index in [1.165, 1.54) is 25.8 Å². The van der Waals surface area contributed by atoms with E-state index in [9.17, 15) is 37.2 Å². The van der Waals surface area contributed by atoms with E-state index in [1.54, 1.807) is 53.1 Å². The molecule has 3 N–H and O–H groups in total. The van der Waals surface area contributed by atoms with Gasteiger partial charge in [-0.2, -0.15) is 8.42 Å². The molecule has 7 rings (SSSR count). The number of imide groups is 2. The van der Waals surface area contributed by atoms with Crippen molar-refractivity contribution in [1.82, 2.24) is 28.9 Å². The molecule has 4 amide bonds. The van der Waals surface area contributed by atoms with Gasteiger partial charge >= 0.3 is 11.4 Å². The Labute approximate surface area is 309 Å². The third-order valence-corrected chi connectivity index (χ3v) is 10.7. The Balaban J connectivity index is 0.000000197. The van der Waals surface area contributed by atoms with Gasteiger partial charge in [0.2, 0.25) is 23.6 Å². The Bertz CT molecular complexity index is 2460. The molecule has 2 aliphatic rings. The zero-order valence-corrected chi connectivity index (χ0v) is 30.3. The van der Waals surface area contributed by atoms with Gasteiger partial charge in [0.25, 0.3) is 10.1 Å². The van der Waals surface area contributed by atoms with Gasteiger partial charge in [-0.25, -0.2) is 9.59 Å². The molecular weight excluding hydrogens is 721 g/mol. The van der Waals surface area contributed by atoms with Gasteiger partial charge in [0.1, 0.15) is 12.1 Å². The Kier molecular flexibility index (Phi) is 11.4. The fourth-order valence-electron chi connectivity index (χ4n) is 6.75. The first-order valence-corrected chi connectivity index (χ1v) is 19.0. The van der Waals surface area contributed by atoms with E-state index in [4.69, 9.17) is 9.29 Å². The van der Waals surface area contributed by atoms with Gasteiger partial charge in [-0.3, -0.25) is 52.3 Å². The summed E-state index contributed by atoms with van der Waals surface area (Å²) in [5.41, 5.74) is 2.87. The van der Waals surface area contributed by atoms with Crippen LogP contribution in [0.5, 0.6) is 0 Å². The molecule has 0 spiro atoms. The summed E-state index contributed by atoms with van der Waals surface area (Å²) in [7, 11) is -3.89. The molecule has 0 bridgehead atoms. The molecular formula is C37H40N6O10S. The van der Waals surface area contributed by atoms with E-state index < -0.39 is 34.0 Å². The number of aliphatic hydroxyl groups excluding tert-OH is 1. The SMILES string of the molecule is Cc1ccc(S(=O)(=O)OCCCn2c(=O)n(C3CCC(=O)NC3=O)c3ccccc32)cc1.O=C1CCC(n2c(=O)n(CCCO)c3ccccc32)C(=O)N1. The standard InChI is InChI=1S/C22H23N3O6S.C15H17N3O4/c1-15-7-9-16(10-8-15)32(29,30)31-14-4-13-24-17-5-2-3-6-18(17)25(22(24)28)19-11-12-20(26)23-21(19)27;19-9-3-8-17-10-4-1-2-5-11(10)18(15(17)22)12-6-7-13(20)16-14(12)21/h2-3,5-10,19H,4,11-14H2,1H3,(H,23,26,27);1-2,4-5,12,19H,3,6-9H2,(H,16,20,21). The summed E-state index contributed by atoms with van der Waals surface area (Å²) < 4.78 is 35.7. The van der Waals surface area contributed by atoms with Crippen molar-refractivity contribution in [3.8, 4) is 0 Å². The first-order valence-electron chi connectivity index (χ1n) is 17.5. The largest absolute Gasteiger partial charge is 0.396 e. The van der Waals surface area contributed by atoms with Crippen molar-refractivity contribution in [2.75, 3.05) is 13.2 Å². The first kappa shape index (κ1) is 38.1. The maximum atomic E-state index is 13.2. The first-order chi connectivity index (χ1) is 25.9. The zero-order chi connectivity index (χ0) is 38.6. The van der Waals surface area contributed by atoms with Crippen LogP contribution in [-0.4, -0.2) is 68.6 Å². The van der Waals surface area contributed by atoms with Gasteiger partial charge in [0.05, 0.1) is 33.6 Å². The number of piperidine rings is 2. The maximum absolute atomic E-state index is 13.2. The molecule has 16 nitrogen and oxygen atoms in total. The third-order valence-electron chi connectivity index (χ3n) is 9.40. The second kappa shape index (κ2) is 16.2. The van der Waals surface area contributed by atoms with Crippen LogP contribution in [0.2, 0.25) is 0 Å². The van der Waals surface area contributed by atoms with Gasteiger partial charge in [-0.1, -0.05) is 42.0 Å². The van der Waals surface area contributed by atoms with E-state index in [0.29, 0.717) is 35.9 Å². The van der Waals surface area contributed by atoms with Gasteiger partial charge in [-0.15, -0.1) is 0 Å². The van der Waals surface area contributed by atoms with Gasteiger partial charge in [0, 0.05) is 32.5 Å². The number of amides is 4. The maximum Gasteiger partial charge on any atom is 0.329 e. The van der Waals surface area contributed by atoms with Gasteiger partial charge in [0.15, 0.2) is 0 Å². The van der Waals surface area contributed by atoms with Crippen LogP contribution in [-0.2, 0) is 46.6 Å². The number of nitrogens with one attached hydrogen (secondary N) is 2. The van der Waals surface area contributed by atoms with Crippen LogP contribution < -0.4 is 22.0 Å². The highest BCUT2D eigenvalue weighted by Gasteiger charge is 2.33. The van der Waals surface area contributed by atoms with Crippen molar-refractivity contribution < 1.29 is 36.9 Å². The highest BCUT2D eigenvalue weighted by atomic mass is 32.2. The predicted octanol–water partition coefficient (Wildman–Crippen LogP) is 2.05. The summed E-state index contributed by atoms with van der Waals surface area (Å²) >= 11 is 0. The number of para-hydroxylation sites is 4. The highest BCUT2D eigenvalue weighted by Crippen LogP contribution is 2.25. The molecule has 0 aliphatic carbocycles. The van der Waals surface area contributed by atoms with Crippen LogP contribution in [0.3, 0.4) is 0 Å². The van der Waals surface area contributed by atoms with Crippen LogP contribution in [0.15, 0.2) is 87.3 Å². The molecule has 4 heterocycles. The Morgan fingerprint density at radius 2 is 1.11 bits per heavy atom. The Hall–Kier alpha value is -5.65. The van der Waals surface area contributed by atoms with Crippen LogP contribution in [0.4, 0.5) is 0 Å². The lowest BCUT2D eigenvalue weighted by molar-refractivity contribution is -0.137. The Morgan fingerprint density at radius 3 is 1.56 bits per heavy atom. The lowest BCUT2D eigenvalue weighted by Crippen LogP contribution is -2.44. The number of hydrogen-bond donors (Lipinski definition) is 3. The minimum absolute atomic E-state index is 0.00956. The number of aliphatic hydroxyl groups is 1. The van der Waals surface area contributed by atoms with E-state index in [1.807, 2.05) is 19.1 Å². The quantitative estimate of drug-likeness (QED) is 0.101. The van der Waals surface area contributed by atoms with Gasteiger partial charge < -0.3 is 5.11 Å². The molecule has 5 aromatic rings. The molecule has 2 fully saturated rings. The number of benzene rings is 3. The minimum atomic E-state index is -3.89. The molecule has 0 radical (unpaired) electrons. The van der Waals surface area contributed by atoms with Crippen molar-refractivity contribution in [2.45, 2.75) is 75.5 Å². The summed E-state index contributed by atoms with van der Waals surface area (Å²) in [6.07, 6.45) is 1.68. The number of carbonyl (C=O) groups excluding carboxylic acids is 4. The van der Waals surface area contributed by atoms with E-state index in [-0.39, 0.29) is 73.5 Å². The lowest BCUT2D eigenvalue weighted by Gasteiger charge is -2.21. The fraction of sp³-hybridized carbons (Fsp3) is 0.351. The molecule has 2 aliphatic heterocycles. The summed E-state index contributed by atoms with van der Waals surface area (Å²) in [5, 5.41) is 13.6. The number of hydrogen-bond acceptors (Lipinski definition) is 10. The zero-order valence-electron chi connectivity index (χ0n) is 29.5. The van der Waals surface area contributed by atoms with E-state index in [2.05, 4.69) is 10.6 Å². The number of rotatable bonds is 11. The average Bonchev–Trinajstić information content (AvgIpc) is 3.58. The number of nitrogens with zero attached hydrogens (tertiary/aromatic N) is 4. The molecule has 2 atom stereocenters. The predicted molar refractivity (Wildman–Crippen MR) is 196 cm³/mol. The van der Waals surface area contributed by atoms with Crippen LogP contribution in [0.1, 0.15) is 56.2 Å². The fourth-order valence-corrected chi connectivity index (χ4v) is 7.69. The van der Waals surface area contributed by atoms with Crippen molar-refractivity contribution in [1.29, 1.82) is 0 Å². The highest BCUT2D eigenvalue weighted by molar-refractivity contribution is 7.86. The van der Waals surface area contributed by atoms with E-state index in [0.717, 1.165) is 11.1 Å². The average molecular weight is 761 g/mol. The summed E-state index contributed by atoms with van der Waals surface area (Å²) in [6, 6.07) is 19.2. The summed E-state index contributed by atoms with van der Waals surface area (Å²) in [4.78, 5) is 73.2. The number of fused-ring (bicyclic) bond motifs is 2. The van der Waals surface area contributed by atoms with Crippen LogP contribution in [0, 0.1) is 6.92 Å². The smallest absolute Gasteiger partial charge is 0.329 e. The molecule has 0 saturated carbocycles. The van der Waals surface area contributed by atoms with Crippen molar-refractivity contribution in [2.24, 2.45) is 0 Å². The van der Waals surface area contributed by atoms with E-state index >= 15 is 0 Å². The molecule has 54 heavy (non-hydrogen) atoms. The molecule has 3 aromatic carbocycles. The van der Waals surface area contributed by atoms with Crippen molar-refractivity contribution >= 4 is 55.8 Å². The van der Waals surface area contributed by atoms with Crippen LogP contribution >= 0.6 is 0 Å². The molecule has 284 valence electrons. The topological polar surface area (TPSA) is 210 Å².